The van der Waals surface area contributed by atoms with Crippen molar-refractivity contribution in [3.05, 3.63) is 28.0 Å². The van der Waals surface area contributed by atoms with E-state index < -0.39 is 5.97 Å². The Balaban J connectivity index is 2.77. The van der Waals surface area contributed by atoms with Gasteiger partial charge in [0, 0.05) is 10.2 Å². The van der Waals surface area contributed by atoms with E-state index in [1.54, 1.807) is 12.1 Å². The molecular formula is C8H7BrO2S. The van der Waals surface area contributed by atoms with E-state index in [2.05, 4.69) is 15.9 Å². The number of carboxylic acid groups (broad SMARTS) is 1. The van der Waals surface area contributed by atoms with E-state index in [1.165, 1.54) is 11.3 Å². The molecule has 0 fully saturated rings. The van der Waals surface area contributed by atoms with Crippen LogP contribution in [0.25, 0.3) is 6.08 Å². The van der Waals surface area contributed by atoms with Crippen molar-refractivity contribution < 1.29 is 9.90 Å². The summed E-state index contributed by atoms with van der Waals surface area (Å²) < 4.78 is 0. The molecule has 0 saturated carbocycles. The number of halogens is 1. The van der Waals surface area contributed by atoms with Crippen LogP contribution in [0.3, 0.4) is 0 Å². The Labute approximate surface area is 82.7 Å². The summed E-state index contributed by atoms with van der Waals surface area (Å²) in [7, 11) is 0. The Hall–Kier alpha value is -0.610. The lowest BCUT2D eigenvalue weighted by Crippen LogP contribution is -1.89. The molecule has 1 rings (SSSR count). The minimum absolute atomic E-state index is 0.379. The molecule has 4 heteroatoms. The van der Waals surface area contributed by atoms with Gasteiger partial charge in [0.1, 0.15) is 4.88 Å². The number of alkyl halides is 1. The highest BCUT2D eigenvalue weighted by Crippen LogP contribution is 2.17. The molecule has 1 heterocycles. The zero-order chi connectivity index (χ0) is 8.97. The number of hydrogen-bond donors (Lipinski definition) is 1. The summed E-state index contributed by atoms with van der Waals surface area (Å²) in [5.41, 5.74) is 0. The van der Waals surface area contributed by atoms with Crippen molar-refractivity contribution >= 4 is 39.3 Å². The van der Waals surface area contributed by atoms with Crippen molar-refractivity contribution in [1.82, 2.24) is 0 Å². The van der Waals surface area contributed by atoms with Crippen LogP contribution < -0.4 is 0 Å². The molecule has 0 saturated heterocycles. The molecule has 0 unspecified atom stereocenters. The molecule has 0 bridgehead atoms. The van der Waals surface area contributed by atoms with Gasteiger partial charge in [-0.15, -0.1) is 11.3 Å². The van der Waals surface area contributed by atoms with Crippen LogP contribution in [-0.2, 0) is 0 Å². The van der Waals surface area contributed by atoms with Gasteiger partial charge >= 0.3 is 5.97 Å². The minimum Gasteiger partial charge on any atom is -0.477 e. The first-order valence-electron chi connectivity index (χ1n) is 3.29. The molecule has 1 aromatic heterocycles. The maximum absolute atomic E-state index is 10.5. The number of thiophene rings is 1. The first-order valence-corrected chi connectivity index (χ1v) is 5.23. The van der Waals surface area contributed by atoms with Crippen LogP contribution in [0.5, 0.6) is 0 Å². The summed E-state index contributed by atoms with van der Waals surface area (Å²) in [5.74, 6) is -0.863. The lowest BCUT2D eigenvalue weighted by atomic mass is 10.4. The van der Waals surface area contributed by atoms with Crippen LogP contribution in [0, 0.1) is 0 Å². The highest BCUT2D eigenvalue weighted by Gasteiger charge is 2.04. The number of carbonyl (C=O) groups is 1. The average molecular weight is 247 g/mol. The average Bonchev–Trinajstić information content (AvgIpc) is 2.48. The first kappa shape index (κ1) is 9.48. The zero-order valence-electron chi connectivity index (χ0n) is 6.16. The largest absolute Gasteiger partial charge is 0.477 e. The van der Waals surface area contributed by atoms with Gasteiger partial charge in [-0.05, 0) is 18.2 Å². The van der Waals surface area contributed by atoms with Crippen LogP contribution in [0.4, 0.5) is 0 Å². The normalized spacial score (nSPS) is 10.8. The Morgan fingerprint density at radius 1 is 1.67 bits per heavy atom. The smallest absolute Gasteiger partial charge is 0.345 e. The summed E-state index contributed by atoms with van der Waals surface area (Å²) in [4.78, 5) is 11.8. The summed E-state index contributed by atoms with van der Waals surface area (Å²) in [6.07, 6.45) is 3.82. The van der Waals surface area contributed by atoms with Crippen LogP contribution >= 0.6 is 27.3 Å². The quantitative estimate of drug-likeness (QED) is 0.834. The third-order valence-corrected chi connectivity index (χ3v) is 2.62. The van der Waals surface area contributed by atoms with Crippen molar-refractivity contribution in [2.24, 2.45) is 0 Å². The monoisotopic (exact) mass is 246 g/mol. The van der Waals surface area contributed by atoms with E-state index in [-0.39, 0.29) is 0 Å². The lowest BCUT2D eigenvalue weighted by Gasteiger charge is -1.82. The van der Waals surface area contributed by atoms with Gasteiger partial charge in [-0.25, -0.2) is 4.79 Å². The van der Waals surface area contributed by atoms with E-state index in [4.69, 9.17) is 5.11 Å². The molecule has 0 spiro atoms. The second-order valence-corrected chi connectivity index (χ2v) is 3.83. The minimum atomic E-state index is -0.863. The second-order valence-electron chi connectivity index (χ2n) is 2.06. The molecule has 2 nitrogen and oxygen atoms in total. The third-order valence-electron chi connectivity index (χ3n) is 1.21. The molecule has 0 aliphatic heterocycles. The fraction of sp³-hybridized carbons (Fsp3) is 0.125. The van der Waals surface area contributed by atoms with E-state index in [0.29, 0.717) is 4.88 Å². The predicted molar refractivity (Wildman–Crippen MR) is 54.1 cm³/mol. The van der Waals surface area contributed by atoms with E-state index >= 15 is 0 Å². The van der Waals surface area contributed by atoms with Crippen LogP contribution in [0.1, 0.15) is 14.5 Å². The van der Waals surface area contributed by atoms with Gasteiger partial charge < -0.3 is 5.11 Å². The Morgan fingerprint density at radius 3 is 2.92 bits per heavy atom. The van der Waals surface area contributed by atoms with Crippen LogP contribution in [0.15, 0.2) is 18.2 Å². The second kappa shape index (κ2) is 4.42. The van der Waals surface area contributed by atoms with Gasteiger partial charge in [0.05, 0.1) is 0 Å². The number of aromatic carboxylic acids is 1. The summed E-state index contributed by atoms with van der Waals surface area (Å²) >= 11 is 4.52. The number of rotatable bonds is 3. The first-order chi connectivity index (χ1) is 5.74. The van der Waals surface area contributed by atoms with Crippen molar-refractivity contribution in [2.75, 3.05) is 5.33 Å². The maximum atomic E-state index is 10.5. The number of hydrogen-bond acceptors (Lipinski definition) is 2. The van der Waals surface area contributed by atoms with E-state index in [9.17, 15) is 4.79 Å². The predicted octanol–water partition coefficient (Wildman–Crippen LogP) is 2.85. The SMILES string of the molecule is O=C(O)c1ccc(/C=C\CBr)s1. The summed E-state index contributed by atoms with van der Waals surface area (Å²) in [6.45, 7) is 0. The van der Waals surface area contributed by atoms with Gasteiger partial charge in [-0.3, -0.25) is 0 Å². The van der Waals surface area contributed by atoms with Crippen molar-refractivity contribution in [1.29, 1.82) is 0 Å². The molecule has 12 heavy (non-hydrogen) atoms. The summed E-state index contributed by atoms with van der Waals surface area (Å²) in [5, 5.41) is 9.39. The fourth-order valence-electron chi connectivity index (χ4n) is 0.718. The van der Waals surface area contributed by atoms with Crippen molar-refractivity contribution in [2.45, 2.75) is 0 Å². The molecule has 1 N–H and O–H groups in total. The molecule has 1 aromatic rings. The number of carboxylic acids is 1. The topological polar surface area (TPSA) is 37.3 Å². The fourth-order valence-corrected chi connectivity index (χ4v) is 1.68. The third kappa shape index (κ3) is 2.46. The van der Waals surface area contributed by atoms with Gasteiger partial charge in [0.25, 0.3) is 0 Å². The van der Waals surface area contributed by atoms with Crippen LogP contribution in [0.2, 0.25) is 0 Å². The van der Waals surface area contributed by atoms with Gasteiger partial charge in [-0.1, -0.05) is 22.0 Å². The lowest BCUT2D eigenvalue weighted by molar-refractivity contribution is 0.0702. The standard InChI is InChI=1S/C8H7BrO2S/c9-5-1-2-6-3-4-7(12-6)8(10)11/h1-4H,5H2,(H,10,11)/b2-1-. The molecule has 0 radical (unpaired) electrons. The van der Waals surface area contributed by atoms with Crippen molar-refractivity contribution in [3.63, 3.8) is 0 Å². The molecule has 0 amide bonds. The number of allylic oxidation sites excluding steroid dienone is 1. The zero-order valence-corrected chi connectivity index (χ0v) is 8.56. The highest BCUT2D eigenvalue weighted by atomic mass is 79.9. The molecule has 0 atom stereocenters. The Kier molecular flexibility index (Phi) is 3.49. The molecule has 64 valence electrons. The van der Waals surface area contributed by atoms with Gasteiger partial charge in [0.2, 0.25) is 0 Å². The molecule has 0 aliphatic carbocycles. The van der Waals surface area contributed by atoms with Gasteiger partial charge in [-0.2, -0.15) is 0 Å². The summed E-state index contributed by atoms with van der Waals surface area (Å²) in [6, 6.07) is 3.41. The molecule has 0 aromatic carbocycles. The molecule has 0 aliphatic rings. The Morgan fingerprint density at radius 2 is 2.42 bits per heavy atom. The molecular weight excluding hydrogens is 240 g/mol. The highest BCUT2D eigenvalue weighted by molar-refractivity contribution is 9.09. The van der Waals surface area contributed by atoms with Crippen LogP contribution in [-0.4, -0.2) is 16.4 Å². The van der Waals surface area contributed by atoms with Gasteiger partial charge in [0.15, 0.2) is 0 Å². The maximum Gasteiger partial charge on any atom is 0.345 e. The van der Waals surface area contributed by atoms with E-state index in [1.807, 2.05) is 12.2 Å². The Bertz CT molecular complexity index is 304. The van der Waals surface area contributed by atoms with E-state index in [0.717, 1.165) is 10.2 Å². The van der Waals surface area contributed by atoms with Crippen molar-refractivity contribution in [3.8, 4) is 0 Å².